The molecule has 238 valence electrons. The number of carbonyl (C=O) groups excluding carboxylic acids is 2. The molecule has 4 N–H and O–H groups in total. The zero-order valence-corrected chi connectivity index (χ0v) is 24.6. The number of benzene rings is 4. The van der Waals surface area contributed by atoms with E-state index in [2.05, 4.69) is 20.3 Å². The van der Waals surface area contributed by atoms with Gasteiger partial charge < -0.3 is 20.2 Å². The van der Waals surface area contributed by atoms with Crippen LogP contribution in [-0.2, 0) is 11.3 Å². The van der Waals surface area contributed by atoms with E-state index in [1.165, 1.54) is 12.1 Å². The molecule has 4 aromatic carbocycles. The normalized spacial score (nSPS) is 12.2. The van der Waals surface area contributed by atoms with Crippen molar-refractivity contribution in [3.8, 4) is 11.5 Å². The molecule has 1 unspecified atom stereocenters. The highest BCUT2D eigenvalue weighted by Gasteiger charge is 2.31. The monoisotopic (exact) mass is 632 g/mol. The second-order valence-electron chi connectivity index (χ2n) is 10.1. The van der Waals surface area contributed by atoms with Gasteiger partial charge in [0.05, 0.1) is 0 Å². The quantitative estimate of drug-likeness (QED) is 0.0593. The van der Waals surface area contributed by atoms with E-state index in [1.54, 1.807) is 36.1 Å². The highest BCUT2D eigenvalue weighted by molar-refractivity contribution is 6.05. The lowest BCUT2D eigenvalue weighted by molar-refractivity contribution is -0.274. The van der Waals surface area contributed by atoms with Crippen LogP contribution < -0.4 is 20.6 Å². The van der Waals surface area contributed by atoms with Gasteiger partial charge in [0.1, 0.15) is 11.5 Å². The van der Waals surface area contributed by atoms with Crippen LogP contribution in [0.2, 0.25) is 0 Å². The molecule has 46 heavy (non-hydrogen) atoms. The van der Waals surface area contributed by atoms with E-state index in [4.69, 9.17) is 16.1 Å². The molecule has 13 heteroatoms. The van der Waals surface area contributed by atoms with Crippen molar-refractivity contribution in [2.75, 3.05) is 6.54 Å². The van der Waals surface area contributed by atoms with Crippen molar-refractivity contribution in [2.24, 2.45) is 16.1 Å². The largest absolute Gasteiger partial charge is 0.573 e. The number of nitrogens with two attached hydrogens (primary N) is 1. The summed E-state index contributed by atoms with van der Waals surface area (Å²) in [5.74, 6) is 3.40. The lowest BCUT2D eigenvalue weighted by Gasteiger charge is -2.31. The smallest absolute Gasteiger partial charge is 0.481 e. The third kappa shape index (κ3) is 9.39. The van der Waals surface area contributed by atoms with E-state index in [9.17, 15) is 22.8 Å². The van der Waals surface area contributed by atoms with Gasteiger partial charge in [-0.05, 0) is 60.0 Å². The number of guanidine groups is 1. The van der Waals surface area contributed by atoms with Crippen molar-refractivity contribution >= 4 is 17.8 Å². The first-order chi connectivity index (χ1) is 22.1. The maximum absolute atomic E-state index is 14.0. The van der Waals surface area contributed by atoms with Gasteiger partial charge >= 0.3 is 6.36 Å². The van der Waals surface area contributed by atoms with Crippen LogP contribution in [0.15, 0.2) is 119 Å². The number of nitrogens with one attached hydrogen (secondary N) is 2. The Bertz CT molecular complexity index is 1600. The summed E-state index contributed by atoms with van der Waals surface area (Å²) in [6.07, 6.45) is -5.84. The van der Waals surface area contributed by atoms with Crippen LogP contribution in [0.3, 0.4) is 0 Å². The average Bonchev–Trinajstić information content (AvgIpc) is 3.06. The van der Waals surface area contributed by atoms with E-state index >= 15 is 0 Å². The Morgan fingerprint density at radius 3 is 1.91 bits per heavy atom. The van der Waals surface area contributed by atoms with E-state index in [-0.39, 0.29) is 42.2 Å². The second kappa shape index (κ2) is 15.3. The van der Waals surface area contributed by atoms with Crippen molar-refractivity contribution in [1.29, 1.82) is 5.53 Å². The molecule has 10 nitrogen and oxygen atoms in total. The SMILES string of the molecule is CC(Oc1ccc(OC(F)(F)F)cc1)C(=O)N(Cc1ccc(C(=O)N/C(N=N)=N/N)cc1)CC(c1ccccc1)c1ccccc1. The van der Waals surface area contributed by atoms with Gasteiger partial charge in [-0.3, -0.25) is 14.9 Å². The molecule has 0 saturated carbocycles. The predicted molar refractivity (Wildman–Crippen MR) is 164 cm³/mol. The van der Waals surface area contributed by atoms with Crippen molar-refractivity contribution in [3.05, 3.63) is 131 Å². The van der Waals surface area contributed by atoms with E-state index in [1.807, 2.05) is 60.7 Å². The highest BCUT2D eigenvalue weighted by atomic mass is 19.4. The fourth-order valence-electron chi connectivity index (χ4n) is 4.70. The summed E-state index contributed by atoms with van der Waals surface area (Å²) in [6, 6.07) is 30.8. The van der Waals surface area contributed by atoms with E-state index in [0.29, 0.717) is 5.56 Å². The zero-order valence-electron chi connectivity index (χ0n) is 24.6. The molecule has 0 bridgehead atoms. The Hall–Kier alpha value is -5.72. The first-order valence-electron chi connectivity index (χ1n) is 14.0. The molecular weight excluding hydrogens is 601 g/mol. The average molecular weight is 633 g/mol. The Kier molecular flexibility index (Phi) is 11.1. The first kappa shape index (κ1) is 33.2. The van der Waals surface area contributed by atoms with Crippen LogP contribution in [0.1, 0.15) is 39.9 Å². The van der Waals surface area contributed by atoms with Crippen molar-refractivity contribution in [1.82, 2.24) is 10.2 Å². The fourth-order valence-corrected chi connectivity index (χ4v) is 4.70. The Morgan fingerprint density at radius 1 is 0.870 bits per heavy atom. The summed E-state index contributed by atoms with van der Waals surface area (Å²) in [5.41, 5.74) is 9.95. The molecule has 0 radical (unpaired) electrons. The molecule has 0 aliphatic carbocycles. The van der Waals surface area contributed by atoms with E-state index < -0.39 is 24.1 Å². The number of alkyl halides is 3. The summed E-state index contributed by atoms with van der Waals surface area (Å²) in [5, 5.41) is 8.55. The van der Waals surface area contributed by atoms with Gasteiger partial charge in [-0.25, -0.2) is 5.53 Å². The Labute approximate surface area is 263 Å². The van der Waals surface area contributed by atoms with Gasteiger partial charge in [0.2, 0.25) is 0 Å². The minimum absolute atomic E-state index is 0.153. The van der Waals surface area contributed by atoms with E-state index in [0.717, 1.165) is 23.3 Å². The number of carbonyl (C=O) groups is 2. The molecule has 1 atom stereocenters. The maximum Gasteiger partial charge on any atom is 0.573 e. The van der Waals surface area contributed by atoms with Gasteiger partial charge in [-0.1, -0.05) is 72.8 Å². The maximum atomic E-state index is 14.0. The molecule has 2 amide bonds. The predicted octanol–water partition coefficient (Wildman–Crippen LogP) is 6.20. The van der Waals surface area contributed by atoms with Crippen LogP contribution in [0, 0.1) is 5.53 Å². The summed E-state index contributed by atoms with van der Waals surface area (Å²) in [7, 11) is 0. The van der Waals surface area contributed by atoms with Gasteiger partial charge in [0.25, 0.3) is 17.8 Å². The molecule has 0 fully saturated rings. The minimum atomic E-state index is -4.83. The number of hydrogen-bond acceptors (Lipinski definition) is 7. The minimum Gasteiger partial charge on any atom is -0.481 e. The fraction of sp³-hybridized carbons (Fsp3) is 0.182. The van der Waals surface area contributed by atoms with Crippen LogP contribution in [-0.4, -0.2) is 41.7 Å². The summed E-state index contributed by atoms with van der Waals surface area (Å²) in [4.78, 5) is 28.1. The number of amides is 2. The number of rotatable bonds is 11. The first-order valence-corrected chi connectivity index (χ1v) is 14.0. The number of ether oxygens (including phenoxy) is 2. The van der Waals surface area contributed by atoms with Gasteiger partial charge in [-0.15, -0.1) is 23.4 Å². The molecule has 0 aliphatic rings. The van der Waals surface area contributed by atoms with Gasteiger partial charge in [0.15, 0.2) is 6.10 Å². The van der Waals surface area contributed by atoms with Crippen LogP contribution >= 0.6 is 0 Å². The number of hydrogen-bond donors (Lipinski definition) is 3. The molecule has 0 heterocycles. The lowest BCUT2D eigenvalue weighted by Crippen LogP contribution is -2.42. The molecular formula is C33H31F3N6O4. The zero-order chi connectivity index (χ0) is 33.1. The lowest BCUT2D eigenvalue weighted by atomic mass is 9.90. The summed E-state index contributed by atoms with van der Waals surface area (Å²) < 4.78 is 47.5. The third-order valence-corrected chi connectivity index (χ3v) is 6.88. The van der Waals surface area contributed by atoms with Crippen molar-refractivity contribution in [2.45, 2.75) is 31.9 Å². The molecule has 4 aromatic rings. The van der Waals surface area contributed by atoms with Crippen molar-refractivity contribution < 1.29 is 32.2 Å². The number of hydrazone groups is 1. The molecule has 0 spiro atoms. The highest BCUT2D eigenvalue weighted by Crippen LogP contribution is 2.28. The summed E-state index contributed by atoms with van der Waals surface area (Å²) >= 11 is 0. The van der Waals surface area contributed by atoms with Gasteiger partial charge in [-0.2, -0.15) is 0 Å². The third-order valence-electron chi connectivity index (χ3n) is 6.88. The molecule has 0 aromatic heterocycles. The molecule has 0 aliphatic heterocycles. The van der Waals surface area contributed by atoms with Crippen molar-refractivity contribution in [3.63, 3.8) is 0 Å². The summed E-state index contributed by atoms with van der Waals surface area (Å²) in [6.45, 7) is 1.99. The molecule has 4 rings (SSSR count). The Balaban J connectivity index is 1.60. The number of halogens is 3. The van der Waals surface area contributed by atoms with Crippen LogP contribution in [0.5, 0.6) is 11.5 Å². The standard InChI is InChI=1S/C33H31F3N6O4/c1-22(45-27-16-18-28(19-17-27)46-33(34,35)36)31(44)42(20-23-12-14-26(15-13-23)30(43)39-32(40-37)41-38)21-29(24-8-4-2-5-9-24)25-10-6-3-7-11-25/h2-19,22,29,37H,20-21,38H2,1H3,(H,39,41,43). The molecule has 0 saturated heterocycles. The second-order valence-corrected chi connectivity index (χ2v) is 10.1. The number of nitrogens with zero attached hydrogens (tertiary/aromatic N) is 3. The van der Waals surface area contributed by atoms with Crippen LogP contribution in [0.4, 0.5) is 13.2 Å². The van der Waals surface area contributed by atoms with Gasteiger partial charge in [0, 0.05) is 24.6 Å². The topological polar surface area (TPSA) is 142 Å². The Morgan fingerprint density at radius 2 is 1.41 bits per heavy atom. The van der Waals surface area contributed by atoms with Crippen LogP contribution in [0.25, 0.3) is 0 Å².